The number of nitrogens with one attached hydrogen (secondary N) is 2. The van der Waals surface area contributed by atoms with E-state index in [1.54, 1.807) is 29.6 Å². The van der Waals surface area contributed by atoms with Crippen LogP contribution >= 0.6 is 11.3 Å². The predicted octanol–water partition coefficient (Wildman–Crippen LogP) is 3.51. The molecule has 4 rings (SSSR count). The fourth-order valence-electron chi connectivity index (χ4n) is 3.71. The van der Waals surface area contributed by atoms with Gasteiger partial charge < -0.3 is 10.6 Å². The number of amides is 2. The van der Waals surface area contributed by atoms with E-state index in [0.717, 1.165) is 18.4 Å². The topological polar surface area (TPSA) is 95.6 Å². The summed E-state index contributed by atoms with van der Waals surface area (Å²) in [6.07, 6.45) is 2.06. The molecule has 1 saturated heterocycles. The van der Waals surface area contributed by atoms with Gasteiger partial charge in [0.1, 0.15) is 6.04 Å². The van der Waals surface area contributed by atoms with Crippen molar-refractivity contribution in [3.8, 4) is 0 Å². The highest BCUT2D eigenvalue weighted by molar-refractivity contribution is 7.89. The second kappa shape index (κ2) is 10.3. The van der Waals surface area contributed by atoms with Crippen molar-refractivity contribution in [2.45, 2.75) is 30.2 Å². The van der Waals surface area contributed by atoms with Crippen LogP contribution < -0.4 is 10.6 Å². The lowest BCUT2D eigenvalue weighted by atomic mass is 10.0. The van der Waals surface area contributed by atoms with Crippen LogP contribution in [-0.4, -0.2) is 43.7 Å². The average molecular weight is 484 g/mol. The first kappa shape index (κ1) is 23.2. The molecule has 0 aliphatic carbocycles. The van der Waals surface area contributed by atoms with E-state index in [2.05, 4.69) is 10.6 Å². The van der Waals surface area contributed by atoms with E-state index in [0.29, 0.717) is 30.1 Å². The maximum Gasteiger partial charge on any atom is 0.262 e. The summed E-state index contributed by atoms with van der Waals surface area (Å²) in [6, 6.07) is 18.3. The molecule has 1 fully saturated rings. The Morgan fingerprint density at radius 1 is 0.939 bits per heavy atom. The predicted molar refractivity (Wildman–Crippen MR) is 129 cm³/mol. The minimum absolute atomic E-state index is 0.203. The highest BCUT2D eigenvalue weighted by Crippen LogP contribution is 2.22. The zero-order valence-electron chi connectivity index (χ0n) is 17.9. The molecule has 9 heteroatoms. The molecule has 1 aromatic heterocycles. The van der Waals surface area contributed by atoms with E-state index in [-0.39, 0.29) is 16.7 Å². The second-order valence-corrected chi connectivity index (χ2v) is 10.7. The van der Waals surface area contributed by atoms with Gasteiger partial charge in [-0.3, -0.25) is 9.59 Å². The third-order valence-electron chi connectivity index (χ3n) is 5.47. The Morgan fingerprint density at radius 2 is 1.64 bits per heavy atom. The Kier molecular flexibility index (Phi) is 7.22. The van der Waals surface area contributed by atoms with E-state index in [4.69, 9.17) is 0 Å². The van der Waals surface area contributed by atoms with Crippen molar-refractivity contribution in [1.82, 2.24) is 9.62 Å². The normalized spacial score (nSPS) is 15.2. The summed E-state index contributed by atoms with van der Waals surface area (Å²) in [6.45, 7) is 1.07. The van der Waals surface area contributed by atoms with Crippen molar-refractivity contribution >= 4 is 38.9 Å². The fraction of sp³-hybridized carbons (Fsp3) is 0.250. The van der Waals surface area contributed by atoms with Crippen LogP contribution in [0.25, 0.3) is 0 Å². The van der Waals surface area contributed by atoms with Crippen molar-refractivity contribution in [3.05, 3.63) is 82.6 Å². The first-order valence-electron chi connectivity index (χ1n) is 10.7. The molecule has 1 aliphatic heterocycles. The van der Waals surface area contributed by atoms with Gasteiger partial charge in [0, 0.05) is 25.2 Å². The van der Waals surface area contributed by atoms with Crippen LogP contribution in [0.4, 0.5) is 5.69 Å². The van der Waals surface area contributed by atoms with E-state index < -0.39 is 16.1 Å². The molecule has 0 bridgehead atoms. The van der Waals surface area contributed by atoms with Gasteiger partial charge in [0.25, 0.3) is 5.91 Å². The van der Waals surface area contributed by atoms with Crippen LogP contribution in [-0.2, 0) is 21.2 Å². The standard InChI is InChI=1S/C24H25N3O4S2/c28-23(25-19-10-12-20(13-11-19)33(30,31)27-14-4-5-15-27)21(17-18-7-2-1-3-8-18)26-24(29)22-9-6-16-32-22/h1-3,6-13,16,21H,4-5,14-15,17H2,(H,25,28)(H,26,29)/t21-/m0/s1. The Morgan fingerprint density at radius 3 is 2.27 bits per heavy atom. The number of thiophene rings is 1. The summed E-state index contributed by atoms with van der Waals surface area (Å²) < 4.78 is 26.9. The van der Waals surface area contributed by atoms with E-state index in [1.165, 1.54) is 27.8 Å². The smallest absolute Gasteiger partial charge is 0.262 e. The summed E-state index contributed by atoms with van der Waals surface area (Å²) in [5.74, 6) is -0.688. The van der Waals surface area contributed by atoms with Gasteiger partial charge in [0.05, 0.1) is 9.77 Å². The van der Waals surface area contributed by atoms with E-state index in [9.17, 15) is 18.0 Å². The van der Waals surface area contributed by atoms with Gasteiger partial charge in [0.2, 0.25) is 15.9 Å². The minimum atomic E-state index is -3.52. The molecule has 2 amide bonds. The van der Waals surface area contributed by atoms with Crippen LogP contribution in [0, 0.1) is 0 Å². The van der Waals surface area contributed by atoms with Crippen LogP contribution in [0.5, 0.6) is 0 Å². The minimum Gasteiger partial charge on any atom is -0.339 e. The zero-order valence-corrected chi connectivity index (χ0v) is 19.6. The van der Waals surface area contributed by atoms with Gasteiger partial charge in [-0.1, -0.05) is 36.4 Å². The molecule has 2 N–H and O–H groups in total. The Bertz CT molecular complexity index is 1190. The number of sulfonamides is 1. The van der Waals surface area contributed by atoms with Crippen molar-refractivity contribution in [2.24, 2.45) is 0 Å². The van der Waals surface area contributed by atoms with Gasteiger partial charge in [-0.25, -0.2) is 8.42 Å². The molecule has 172 valence electrons. The summed E-state index contributed by atoms with van der Waals surface area (Å²) in [7, 11) is -3.52. The molecule has 1 atom stereocenters. The third-order valence-corrected chi connectivity index (χ3v) is 8.26. The van der Waals surface area contributed by atoms with Crippen molar-refractivity contribution in [3.63, 3.8) is 0 Å². The molecule has 1 aliphatic rings. The number of benzene rings is 2. The van der Waals surface area contributed by atoms with Gasteiger partial charge >= 0.3 is 0 Å². The molecule has 2 heterocycles. The molecule has 0 unspecified atom stereocenters. The van der Waals surface area contributed by atoms with Crippen molar-refractivity contribution in [1.29, 1.82) is 0 Å². The maximum atomic E-state index is 13.1. The van der Waals surface area contributed by atoms with Crippen molar-refractivity contribution < 1.29 is 18.0 Å². The van der Waals surface area contributed by atoms with Crippen molar-refractivity contribution in [2.75, 3.05) is 18.4 Å². The van der Waals surface area contributed by atoms with Crippen LogP contribution in [0.15, 0.2) is 77.0 Å². The summed E-state index contributed by atoms with van der Waals surface area (Å²) in [5, 5.41) is 7.42. The summed E-state index contributed by atoms with van der Waals surface area (Å²) in [5.41, 5.74) is 1.37. The van der Waals surface area contributed by atoms with E-state index >= 15 is 0 Å². The number of carbonyl (C=O) groups excluding carboxylic acids is 2. The molecule has 3 aromatic rings. The van der Waals surface area contributed by atoms with Gasteiger partial charge in [-0.2, -0.15) is 4.31 Å². The largest absolute Gasteiger partial charge is 0.339 e. The number of rotatable bonds is 8. The first-order valence-corrected chi connectivity index (χ1v) is 13.0. The lowest BCUT2D eigenvalue weighted by molar-refractivity contribution is -0.118. The van der Waals surface area contributed by atoms with E-state index in [1.807, 2.05) is 30.3 Å². The molecular weight excluding hydrogens is 458 g/mol. The lowest BCUT2D eigenvalue weighted by Gasteiger charge is -2.19. The molecule has 0 saturated carbocycles. The molecule has 33 heavy (non-hydrogen) atoms. The number of hydrogen-bond donors (Lipinski definition) is 2. The maximum absolute atomic E-state index is 13.1. The Labute approximate surface area is 197 Å². The molecule has 0 radical (unpaired) electrons. The lowest BCUT2D eigenvalue weighted by Crippen LogP contribution is -2.45. The zero-order chi connectivity index (χ0) is 23.3. The molecular formula is C24H25N3O4S2. The number of nitrogens with zero attached hydrogens (tertiary/aromatic N) is 1. The molecule has 7 nitrogen and oxygen atoms in total. The van der Waals surface area contributed by atoms with Gasteiger partial charge in [-0.05, 0) is 54.1 Å². The number of anilines is 1. The fourth-order valence-corrected chi connectivity index (χ4v) is 5.86. The quantitative estimate of drug-likeness (QED) is 0.513. The van der Waals surface area contributed by atoms with Crippen LogP contribution in [0.2, 0.25) is 0 Å². The van der Waals surface area contributed by atoms with Crippen LogP contribution in [0.3, 0.4) is 0 Å². The third kappa shape index (κ3) is 5.68. The average Bonchev–Trinajstić information content (AvgIpc) is 3.54. The second-order valence-electron chi connectivity index (χ2n) is 7.82. The summed E-state index contributed by atoms with van der Waals surface area (Å²) >= 11 is 1.30. The number of carbonyl (C=O) groups is 2. The van der Waals surface area contributed by atoms with Crippen LogP contribution in [0.1, 0.15) is 28.1 Å². The summed E-state index contributed by atoms with van der Waals surface area (Å²) in [4.78, 5) is 26.4. The highest BCUT2D eigenvalue weighted by atomic mass is 32.2. The number of hydrogen-bond acceptors (Lipinski definition) is 5. The SMILES string of the molecule is O=C(N[C@@H](Cc1ccccc1)C(=O)Nc1ccc(S(=O)(=O)N2CCCC2)cc1)c1cccs1. The Hall–Kier alpha value is -3.01. The monoisotopic (exact) mass is 483 g/mol. The molecule has 0 spiro atoms. The van der Waals surface area contributed by atoms with Gasteiger partial charge in [0.15, 0.2) is 0 Å². The molecule has 2 aromatic carbocycles. The first-order chi connectivity index (χ1) is 15.9. The highest BCUT2D eigenvalue weighted by Gasteiger charge is 2.27. The Balaban J connectivity index is 1.48. The van der Waals surface area contributed by atoms with Gasteiger partial charge in [-0.15, -0.1) is 11.3 Å².